The fraction of sp³-hybridized carbons (Fsp3) is 0.786. The van der Waals surface area contributed by atoms with Gasteiger partial charge in [-0.3, -0.25) is 4.90 Å². The van der Waals surface area contributed by atoms with Crippen LogP contribution >= 0.6 is 0 Å². The summed E-state index contributed by atoms with van der Waals surface area (Å²) in [4.78, 5) is 14.2. The fourth-order valence-electron chi connectivity index (χ4n) is 2.95. The van der Waals surface area contributed by atoms with E-state index in [1.807, 2.05) is 31.7 Å². The van der Waals surface area contributed by atoms with Gasteiger partial charge in [-0.15, -0.1) is 6.58 Å². The van der Waals surface area contributed by atoms with Crippen LogP contribution < -0.4 is 5.32 Å². The zero-order valence-corrected chi connectivity index (χ0v) is 11.6. The van der Waals surface area contributed by atoms with Gasteiger partial charge in [0.25, 0.3) is 0 Å². The summed E-state index contributed by atoms with van der Waals surface area (Å²) in [5.74, 6) is 0. The number of hydrogen-bond donors (Lipinski definition) is 1. The van der Waals surface area contributed by atoms with Gasteiger partial charge < -0.3 is 10.1 Å². The summed E-state index contributed by atoms with van der Waals surface area (Å²) in [5.41, 5.74) is -0.421. The second kappa shape index (κ2) is 4.92. The largest absolute Gasteiger partial charge is 0.444 e. The van der Waals surface area contributed by atoms with Gasteiger partial charge in [0.1, 0.15) is 5.60 Å². The zero-order valence-electron chi connectivity index (χ0n) is 11.6. The highest BCUT2D eigenvalue weighted by Gasteiger charge is 2.45. The van der Waals surface area contributed by atoms with E-state index < -0.39 is 5.60 Å². The van der Waals surface area contributed by atoms with Crippen LogP contribution in [0.2, 0.25) is 0 Å². The first kappa shape index (κ1) is 13.4. The molecule has 4 heteroatoms. The number of amides is 1. The SMILES string of the molecule is C=CC[C@@H]1NC[C@H]2CC[C@@H]1N2C(=O)OC(C)(C)C. The second-order valence-corrected chi connectivity index (χ2v) is 6.23. The molecule has 0 radical (unpaired) electrons. The van der Waals surface area contributed by atoms with E-state index in [1.165, 1.54) is 0 Å². The van der Waals surface area contributed by atoms with Crippen LogP contribution in [0.4, 0.5) is 4.79 Å². The van der Waals surface area contributed by atoms with Crippen LogP contribution in [-0.2, 0) is 4.74 Å². The summed E-state index contributed by atoms with van der Waals surface area (Å²) in [6.45, 7) is 10.4. The minimum absolute atomic E-state index is 0.162. The zero-order chi connectivity index (χ0) is 13.3. The molecule has 0 aromatic carbocycles. The van der Waals surface area contributed by atoms with Gasteiger partial charge >= 0.3 is 6.09 Å². The number of piperazine rings is 1. The maximum atomic E-state index is 12.3. The third-order valence-electron chi connectivity index (χ3n) is 3.65. The molecular formula is C14H24N2O2. The van der Waals surface area contributed by atoms with Crippen LogP contribution in [0.3, 0.4) is 0 Å². The van der Waals surface area contributed by atoms with Crippen molar-refractivity contribution in [3.8, 4) is 0 Å². The Labute approximate surface area is 109 Å². The summed E-state index contributed by atoms with van der Waals surface area (Å²) in [7, 11) is 0. The first-order valence-electron chi connectivity index (χ1n) is 6.78. The van der Waals surface area contributed by atoms with Crippen LogP contribution in [0.1, 0.15) is 40.0 Å². The van der Waals surface area contributed by atoms with Crippen molar-refractivity contribution in [3.63, 3.8) is 0 Å². The normalized spacial score (nSPS) is 31.3. The number of rotatable bonds is 2. The predicted octanol–water partition coefficient (Wildman–Crippen LogP) is 2.30. The van der Waals surface area contributed by atoms with Crippen LogP contribution in [0.15, 0.2) is 12.7 Å². The number of carbonyl (C=O) groups excluding carboxylic acids is 1. The smallest absolute Gasteiger partial charge is 0.410 e. The Morgan fingerprint density at radius 1 is 1.50 bits per heavy atom. The predicted molar refractivity (Wildman–Crippen MR) is 71.5 cm³/mol. The van der Waals surface area contributed by atoms with E-state index in [-0.39, 0.29) is 12.1 Å². The highest BCUT2D eigenvalue weighted by molar-refractivity contribution is 5.70. The molecule has 2 rings (SSSR count). The van der Waals surface area contributed by atoms with E-state index in [1.54, 1.807) is 0 Å². The monoisotopic (exact) mass is 252 g/mol. The van der Waals surface area contributed by atoms with Crippen LogP contribution in [0.25, 0.3) is 0 Å². The van der Waals surface area contributed by atoms with E-state index >= 15 is 0 Å². The number of fused-ring (bicyclic) bond motifs is 2. The molecule has 2 fully saturated rings. The van der Waals surface area contributed by atoms with Crippen LogP contribution in [0.5, 0.6) is 0 Å². The molecule has 0 unspecified atom stereocenters. The van der Waals surface area contributed by atoms with Crippen molar-refractivity contribution in [2.45, 2.75) is 63.8 Å². The summed E-state index contributed by atoms with van der Waals surface area (Å²) >= 11 is 0. The lowest BCUT2D eigenvalue weighted by atomic mass is 10.0. The van der Waals surface area contributed by atoms with Crippen molar-refractivity contribution in [2.24, 2.45) is 0 Å². The minimum atomic E-state index is -0.421. The van der Waals surface area contributed by atoms with E-state index in [0.717, 1.165) is 25.8 Å². The van der Waals surface area contributed by atoms with Gasteiger partial charge in [-0.05, 0) is 40.0 Å². The van der Waals surface area contributed by atoms with Gasteiger partial charge in [-0.2, -0.15) is 0 Å². The molecule has 1 N–H and O–H groups in total. The summed E-state index contributed by atoms with van der Waals surface area (Å²) in [6, 6.07) is 0.885. The summed E-state index contributed by atoms with van der Waals surface area (Å²) in [6.07, 6.45) is 4.80. The third-order valence-corrected chi connectivity index (χ3v) is 3.65. The van der Waals surface area contributed by atoms with Crippen molar-refractivity contribution in [1.82, 2.24) is 10.2 Å². The van der Waals surface area contributed by atoms with Gasteiger partial charge in [0, 0.05) is 18.6 Å². The Bertz CT molecular complexity index is 335. The number of carbonyl (C=O) groups is 1. The molecule has 2 aliphatic heterocycles. The van der Waals surface area contributed by atoms with Crippen molar-refractivity contribution in [1.29, 1.82) is 0 Å². The van der Waals surface area contributed by atoms with Crippen molar-refractivity contribution >= 4 is 6.09 Å². The van der Waals surface area contributed by atoms with E-state index in [9.17, 15) is 4.79 Å². The van der Waals surface area contributed by atoms with E-state index in [0.29, 0.717) is 12.1 Å². The summed E-state index contributed by atoms with van der Waals surface area (Å²) in [5, 5.41) is 3.51. The molecule has 2 heterocycles. The van der Waals surface area contributed by atoms with Crippen LogP contribution in [-0.4, -0.2) is 41.3 Å². The second-order valence-electron chi connectivity index (χ2n) is 6.23. The minimum Gasteiger partial charge on any atom is -0.444 e. The number of ether oxygens (including phenoxy) is 1. The quantitative estimate of drug-likeness (QED) is 0.767. The number of nitrogens with one attached hydrogen (secondary N) is 1. The molecule has 3 atom stereocenters. The average Bonchev–Trinajstić information content (AvgIpc) is 2.56. The van der Waals surface area contributed by atoms with Crippen molar-refractivity contribution in [3.05, 3.63) is 12.7 Å². The molecule has 0 saturated carbocycles. The lowest BCUT2D eigenvalue weighted by Gasteiger charge is -2.41. The molecule has 0 aromatic rings. The molecule has 2 saturated heterocycles. The Morgan fingerprint density at radius 2 is 2.22 bits per heavy atom. The van der Waals surface area contributed by atoms with Gasteiger partial charge in [-0.25, -0.2) is 4.79 Å². The van der Waals surface area contributed by atoms with Gasteiger partial charge in [0.05, 0.1) is 6.04 Å². The van der Waals surface area contributed by atoms with Crippen molar-refractivity contribution in [2.75, 3.05) is 6.54 Å². The van der Waals surface area contributed by atoms with Gasteiger partial charge in [-0.1, -0.05) is 6.08 Å². The number of nitrogens with zero attached hydrogens (tertiary/aromatic N) is 1. The molecule has 0 spiro atoms. The maximum Gasteiger partial charge on any atom is 0.410 e. The fourth-order valence-corrected chi connectivity index (χ4v) is 2.95. The first-order valence-corrected chi connectivity index (χ1v) is 6.78. The van der Waals surface area contributed by atoms with Crippen molar-refractivity contribution < 1.29 is 9.53 Å². The molecule has 4 nitrogen and oxygen atoms in total. The maximum absolute atomic E-state index is 12.3. The van der Waals surface area contributed by atoms with Gasteiger partial charge in [0.15, 0.2) is 0 Å². The first-order chi connectivity index (χ1) is 8.42. The topological polar surface area (TPSA) is 41.6 Å². The molecule has 0 aliphatic carbocycles. The highest BCUT2D eigenvalue weighted by atomic mass is 16.6. The number of hydrogen-bond acceptors (Lipinski definition) is 3. The van der Waals surface area contributed by atoms with E-state index in [2.05, 4.69) is 11.9 Å². The summed E-state index contributed by atoms with van der Waals surface area (Å²) < 4.78 is 5.52. The molecule has 2 bridgehead atoms. The molecule has 2 aliphatic rings. The molecule has 0 aromatic heterocycles. The standard InChI is InChI=1S/C14H24N2O2/c1-5-6-11-12-8-7-10(9-15-11)16(12)13(17)18-14(2,3)4/h5,10-12,15H,1,6-9H2,2-4H3/t10-,11+,12+/m1/s1. The Kier molecular flexibility index (Phi) is 3.66. The highest BCUT2D eigenvalue weighted by Crippen LogP contribution is 2.32. The van der Waals surface area contributed by atoms with Gasteiger partial charge in [0.2, 0.25) is 0 Å². The molecule has 102 valence electrons. The Balaban J connectivity index is 2.08. The molecular weight excluding hydrogens is 228 g/mol. The van der Waals surface area contributed by atoms with E-state index in [4.69, 9.17) is 4.74 Å². The molecule has 18 heavy (non-hydrogen) atoms. The average molecular weight is 252 g/mol. The molecule has 1 amide bonds. The lowest BCUT2D eigenvalue weighted by molar-refractivity contribution is 0.00438. The Hall–Kier alpha value is -1.03. The third kappa shape index (κ3) is 2.69. The van der Waals surface area contributed by atoms with Crippen LogP contribution in [0, 0.1) is 0 Å². The lowest BCUT2D eigenvalue weighted by Crippen LogP contribution is -2.60. The Morgan fingerprint density at radius 3 is 2.83 bits per heavy atom.